The largest absolute Gasteiger partial charge is 0.395 e. The summed E-state index contributed by atoms with van der Waals surface area (Å²) in [5.74, 6) is -1.16. The highest BCUT2D eigenvalue weighted by molar-refractivity contribution is 5.17. The van der Waals surface area contributed by atoms with Gasteiger partial charge in [0.2, 0.25) is 0 Å². The third kappa shape index (κ3) is 3.93. The maximum Gasteiger partial charge on any atom is 0.126 e. The van der Waals surface area contributed by atoms with Crippen LogP contribution in [-0.2, 0) is 6.54 Å². The van der Waals surface area contributed by atoms with Crippen molar-refractivity contribution in [2.45, 2.75) is 25.9 Å². The molecule has 4 heteroatoms. The third-order valence-corrected chi connectivity index (χ3v) is 2.23. The van der Waals surface area contributed by atoms with Gasteiger partial charge in [-0.05, 0) is 24.1 Å². The van der Waals surface area contributed by atoms with Crippen molar-refractivity contribution in [3.8, 4) is 0 Å². The van der Waals surface area contributed by atoms with Crippen LogP contribution in [0.1, 0.15) is 18.9 Å². The van der Waals surface area contributed by atoms with E-state index >= 15 is 0 Å². The number of aliphatic hydroxyl groups excluding tert-OH is 1. The molecule has 0 radical (unpaired) electrons. The van der Waals surface area contributed by atoms with Gasteiger partial charge in [-0.1, -0.05) is 6.92 Å². The van der Waals surface area contributed by atoms with E-state index in [1.165, 1.54) is 12.1 Å². The molecule has 0 heterocycles. The minimum atomic E-state index is -0.580. The van der Waals surface area contributed by atoms with Gasteiger partial charge in [0.05, 0.1) is 6.61 Å². The second-order valence-electron chi connectivity index (χ2n) is 3.45. The zero-order valence-electron chi connectivity index (χ0n) is 8.63. The molecular formula is C11H15F2NO. The summed E-state index contributed by atoms with van der Waals surface area (Å²) < 4.78 is 25.6. The van der Waals surface area contributed by atoms with E-state index in [9.17, 15) is 8.78 Å². The standard InChI is InChI=1S/C11H15F2NO/c1-2-11(7-15)14-6-8-3-9(12)5-10(13)4-8/h3-5,11,14-15H,2,6-7H2,1H3/t11-/m1/s1. The lowest BCUT2D eigenvalue weighted by molar-refractivity contribution is 0.238. The second-order valence-corrected chi connectivity index (χ2v) is 3.45. The Kier molecular flexibility index (Phi) is 4.65. The molecule has 15 heavy (non-hydrogen) atoms. The summed E-state index contributed by atoms with van der Waals surface area (Å²) >= 11 is 0. The van der Waals surface area contributed by atoms with Crippen LogP contribution in [0.5, 0.6) is 0 Å². The van der Waals surface area contributed by atoms with Crippen LogP contribution in [0.2, 0.25) is 0 Å². The molecule has 0 saturated heterocycles. The van der Waals surface area contributed by atoms with Crippen LogP contribution >= 0.6 is 0 Å². The third-order valence-electron chi connectivity index (χ3n) is 2.23. The molecule has 2 nitrogen and oxygen atoms in total. The van der Waals surface area contributed by atoms with E-state index < -0.39 is 11.6 Å². The molecule has 2 N–H and O–H groups in total. The van der Waals surface area contributed by atoms with E-state index in [2.05, 4.69) is 5.32 Å². The lowest BCUT2D eigenvalue weighted by Gasteiger charge is -2.13. The SMILES string of the molecule is CC[C@H](CO)NCc1cc(F)cc(F)c1. The minimum absolute atomic E-state index is 0.0221. The number of benzene rings is 1. The van der Waals surface area contributed by atoms with Crippen molar-refractivity contribution in [1.29, 1.82) is 0 Å². The molecule has 1 aromatic rings. The smallest absolute Gasteiger partial charge is 0.126 e. The zero-order valence-corrected chi connectivity index (χ0v) is 8.63. The lowest BCUT2D eigenvalue weighted by atomic mass is 10.2. The maximum atomic E-state index is 12.8. The minimum Gasteiger partial charge on any atom is -0.395 e. The number of aliphatic hydroxyl groups is 1. The van der Waals surface area contributed by atoms with Gasteiger partial charge in [0.25, 0.3) is 0 Å². The molecule has 0 saturated carbocycles. The molecule has 0 aromatic heterocycles. The molecule has 0 unspecified atom stereocenters. The summed E-state index contributed by atoms with van der Waals surface area (Å²) in [4.78, 5) is 0. The average molecular weight is 215 g/mol. The number of halogens is 2. The molecule has 0 aliphatic rings. The van der Waals surface area contributed by atoms with Crippen molar-refractivity contribution in [2.75, 3.05) is 6.61 Å². The van der Waals surface area contributed by atoms with Crippen LogP contribution in [0, 0.1) is 11.6 Å². The van der Waals surface area contributed by atoms with Crippen molar-refractivity contribution in [3.63, 3.8) is 0 Å². The van der Waals surface area contributed by atoms with Crippen LogP contribution < -0.4 is 5.32 Å². The van der Waals surface area contributed by atoms with E-state index in [0.29, 0.717) is 12.1 Å². The topological polar surface area (TPSA) is 32.3 Å². The molecule has 0 fully saturated rings. The quantitative estimate of drug-likeness (QED) is 0.785. The molecule has 1 aromatic carbocycles. The molecule has 0 spiro atoms. The Labute approximate surface area is 87.9 Å². The summed E-state index contributed by atoms with van der Waals surface area (Å²) in [6.07, 6.45) is 0.772. The van der Waals surface area contributed by atoms with E-state index in [-0.39, 0.29) is 12.6 Å². The Bertz CT molecular complexity index is 293. The Hall–Kier alpha value is -1.00. The van der Waals surface area contributed by atoms with Crippen molar-refractivity contribution >= 4 is 0 Å². The van der Waals surface area contributed by atoms with Crippen molar-refractivity contribution in [1.82, 2.24) is 5.32 Å². The first-order chi connectivity index (χ1) is 7.15. The highest BCUT2D eigenvalue weighted by atomic mass is 19.1. The first-order valence-electron chi connectivity index (χ1n) is 4.95. The summed E-state index contributed by atoms with van der Waals surface area (Å²) in [6, 6.07) is 3.36. The summed E-state index contributed by atoms with van der Waals surface area (Å²) in [5, 5.41) is 11.9. The number of rotatable bonds is 5. The fourth-order valence-electron chi connectivity index (χ4n) is 1.31. The zero-order chi connectivity index (χ0) is 11.3. The predicted octanol–water partition coefficient (Wildman–Crippen LogP) is 1.83. The fraction of sp³-hybridized carbons (Fsp3) is 0.455. The Morgan fingerprint density at radius 1 is 1.27 bits per heavy atom. The Balaban J connectivity index is 2.57. The van der Waals surface area contributed by atoms with Gasteiger partial charge in [0.15, 0.2) is 0 Å². The van der Waals surface area contributed by atoms with Gasteiger partial charge in [-0.3, -0.25) is 0 Å². The van der Waals surface area contributed by atoms with Gasteiger partial charge in [0, 0.05) is 18.7 Å². The summed E-state index contributed by atoms with van der Waals surface area (Å²) in [5.41, 5.74) is 0.541. The Morgan fingerprint density at radius 3 is 2.33 bits per heavy atom. The van der Waals surface area contributed by atoms with Gasteiger partial charge in [-0.15, -0.1) is 0 Å². The normalized spacial score (nSPS) is 12.8. The molecule has 1 atom stereocenters. The van der Waals surface area contributed by atoms with Crippen LogP contribution in [0.15, 0.2) is 18.2 Å². The molecule has 1 rings (SSSR count). The monoisotopic (exact) mass is 215 g/mol. The van der Waals surface area contributed by atoms with Crippen molar-refractivity contribution in [2.24, 2.45) is 0 Å². The first kappa shape index (κ1) is 12.1. The molecular weight excluding hydrogens is 200 g/mol. The Morgan fingerprint density at radius 2 is 1.87 bits per heavy atom. The molecule has 0 aliphatic carbocycles. The van der Waals surface area contributed by atoms with Crippen LogP contribution in [0.25, 0.3) is 0 Å². The van der Waals surface area contributed by atoms with E-state index in [4.69, 9.17) is 5.11 Å². The van der Waals surface area contributed by atoms with Gasteiger partial charge in [0.1, 0.15) is 11.6 Å². The average Bonchev–Trinajstić information content (AvgIpc) is 2.18. The molecule has 84 valence electrons. The number of hydrogen-bond donors (Lipinski definition) is 2. The summed E-state index contributed by atoms with van der Waals surface area (Å²) in [7, 11) is 0. The maximum absolute atomic E-state index is 12.8. The van der Waals surface area contributed by atoms with Crippen LogP contribution in [0.3, 0.4) is 0 Å². The molecule has 0 amide bonds. The van der Waals surface area contributed by atoms with Gasteiger partial charge in [-0.25, -0.2) is 8.78 Å². The van der Waals surface area contributed by atoms with Crippen LogP contribution in [-0.4, -0.2) is 17.8 Å². The first-order valence-corrected chi connectivity index (χ1v) is 4.95. The van der Waals surface area contributed by atoms with Gasteiger partial charge in [-0.2, -0.15) is 0 Å². The molecule has 0 aliphatic heterocycles. The highest BCUT2D eigenvalue weighted by Crippen LogP contribution is 2.08. The summed E-state index contributed by atoms with van der Waals surface area (Å²) in [6.45, 7) is 2.31. The predicted molar refractivity (Wildman–Crippen MR) is 54.4 cm³/mol. The van der Waals surface area contributed by atoms with Gasteiger partial charge >= 0.3 is 0 Å². The highest BCUT2D eigenvalue weighted by Gasteiger charge is 2.05. The fourth-order valence-corrected chi connectivity index (χ4v) is 1.31. The van der Waals surface area contributed by atoms with E-state index in [0.717, 1.165) is 12.5 Å². The second kappa shape index (κ2) is 5.78. The van der Waals surface area contributed by atoms with Crippen LogP contribution in [0.4, 0.5) is 8.78 Å². The van der Waals surface area contributed by atoms with E-state index in [1.54, 1.807) is 0 Å². The lowest BCUT2D eigenvalue weighted by Crippen LogP contribution is -2.31. The van der Waals surface area contributed by atoms with Crippen molar-refractivity contribution < 1.29 is 13.9 Å². The van der Waals surface area contributed by atoms with Gasteiger partial charge < -0.3 is 10.4 Å². The molecule has 0 bridgehead atoms. The number of hydrogen-bond acceptors (Lipinski definition) is 2. The van der Waals surface area contributed by atoms with Crippen molar-refractivity contribution in [3.05, 3.63) is 35.4 Å². The van der Waals surface area contributed by atoms with E-state index in [1.807, 2.05) is 6.92 Å². The number of nitrogens with one attached hydrogen (secondary N) is 1.